The van der Waals surface area contributed by atoms with Crippen LogP contribution in [0.1, 0.15) is 38.2 Å². The first-order valence-electron chi connectivity index (χ1n) is 9.65. The predicted octanol–water partition coefficient (Wildman–Crippen LogP) is 4.97. The second kappa shape index (κ2) is 9.55. The van der Waals surface area contributed by atoms with Gasteiger partial charge in [0.15, 0.2) is 0 Å². The molecule has 0 radical (unpaired) electrons. The van der Waals surface area contributed by atoms with Crippen LogP contribution < -0.4 is 10.6 Å². The Bertz CT molecular complexity index is 735. The summed E-state index contributed by atoms with van der Waals surface area (Å²) in [5, 5.41) is 8.70. The lowest BCUT2D eigenvalue weighted by atomic mass is 9.96. The van der Waals surface area contributed by atoms with Gasteiger partial charge in [0.2, 0.25) is 5.91 Å². The van der Waals surface area contributed by atoms with E-state index in [0.29, 0.717) is 25.9 Å². The molecule has 0 unspecified atom stereocenters. The summed E-state index contributed by atoms with van der Waals surface area (Å²) in [5.74, 6) is 0.00480. The molecule has 1 fully saturated rings. The van der Waals surface area contributed by atoms with Gasteiger partial charge in [0.05, 0.1) is 5.00 Å². The van der Waals surface area contributed by atoms with Crippen LogP contribution in [0.15, 0.2) is 41.8 Å². The van der Waals surface area contributed by atoms with Gasteiger partial charge in [0.25, 0.3) is 0 Å². The number of carbonyl (C=O) groups excluding carboxylic acids is 2. The van der Waals surface area contributed by atoms with Gasteiger partial charge in [0, 0.05) is 24.7 Å². The monoisotopic (exact) mass is 385 g/mol. The van der Waals surface area contributed by atoms with Crippen LogP contribution in [0.2, 0.25) is 0 Å². The van der Waals surface area contributed by atoms with Gasteiger partial charge in [-0.05, 0) is 60.9 Å². The van der Waals surface area contributed by atoms with Crippen LogP contribution in [0, 0.1) is 5.92 Å². The van der Waals surface area contributed by atoms with E-state index >= 15 is 0 Å². The summed E-state index contributed by atoms with van der Waals surface area (Å²) < 4.78 is 0. The molecule has 1 aliphatic rings. The molecule has 3 amide bonds. The molecule has 1 aromatic carbocycles. The number of amides is 3. The number of likely N-dealkylation sites (tertiary alicyclic amines) is 1. The molecule has 0 spiro atoms. The Morgan fingerprint density at radius 2 is 1.85 bits per heavy atom. The number of unbranched alkanes of at least 4 members (excludes halogenated alkanes) is 1. The first-order chi connectivity index (χ1) is 13.2. The number of rotatable bonds is 6. The van der Waals surface area contributed by atoms with Gasteiger partial charge in [0.1, 0.15) is 0 Å². The Hall–Kier alpha value is -2.34. The summed E-state index contributed by atoms with van der Waals surface area (Å²) in [7, 11) is 0. The third-order valence-corrected chi connectivity index (χ3v) is 5.73. The number of aryl methyl sites for hydroxylation is 1. The molecule has 0 bridgehead atoms. The zero-order valence-corrected chi connectivity index (χ0v) is 16.6. The average Bonchev–Trinajstić information content (AvgIpc) is 3.20. The molecule has 5 nitrogen and oxygen atoms in total. The summed E-state index contributed by atoms with van der Waals surface area (Å²) in [5.41, 5.74) is 2.15. The first-order valence-corrected chi connectivity index (χ1v) is 10.5. The van der Waals surface area contributed by atoms with Crippen LogP contribution in [0.25, 0.3) is 0 Å². The lowest BCUT2D eigenvalue weighted by Gasteiger charge is -2.31. The van der Waals surface area contributed by atoms with Crippen molar-refractivity contribution in [2.45, 2.75) is 39.0 Å². The normalized spacial score (nSPS) is 14.8. The van der Waals surface area contributed by atoms with Crippen molar-refractivity contribution in [3.63, 3.8) is 0 Å². The van der Waals surface area contributed by atoms with Crippen molar-refractivity contribution in [1.29, 1.82) is 0 Å². The van der Waals surface area contributed by atoms with Crippen LogP contribution in [0.4, 0.5) is 15.5 Å². The SMILES string of the molecule is CCCCc1ccc(NC(=O)C2CCN(C(=O)Nc3cccs3)CC2)cc1. The van der Waals surface area contributed by atoms with Gasteiger partial charge in [-0.1, -0.05) is 25.5 Å². The van der Waals surface area contributed by atoms with E-state index in [1.54, 1.807) is 4.90 Å². The van der Waals surface area contributed by atoms with Crippen LogP contribution >= 0.6 is 11.3 Å². The molecule has 27 heavy (non-hydrogen) atoms. The summed E-state index contributed by atoms with van der Waals surface area (Å²) in [6.07, 6.45) is 4.83. The van der Waals surface area contributed by atoms with E-state index in [2.05, 4.69) is 29.7 Å². The van der Waals surface area contributed by atoms with Gasteiger partial charge >= 0.3 is 6.03 Å². The van der Waals surface area contributed by atoms with Crippen molar-refractivity contribution in [3.05, 3.63) is 47.3 Å². The van der Waals surface area contributed by atoms with Gasteiger partial charge in [-0.15, -0.1) is 11.3 Å². The number of benzene rings is 1. The molecule has 2 aromatic rings. The Morgan fingerprint density at radius 3 is 2.48 bits per heavy atom. The Kier molecular flexibility index (Phi) is 6.87. The van der Waals surface area contributed by atoms with Gasteiger partial charge in [-0.2, -0.15) is 0 Å². The minimum absolute atomic E-state index is 0.0458. The molecule has 144 valence electrons. The van der Waals surface area contributed by atoms with Crippen molar-refractivity contribution >= 4 is 34.0 Å². The van der Waals surface area contributed by atoms with Crippen molar-refractivity contribution in [2.24, 2.45) is 5.92 Å². The van der Waals surface area contributed by atoms with Crippen molar-refractivity contribution in [1.82, 2.24) is 4.90 Å². The number of anilines is 2. The number of nitrogens with one attached hydrogen (secondary N) is 2. The van der Waals surface area contributed by atoms with Crippen LogP contribution in [0.5, 0.6) is 0 Å². The molecule has 6 heteroatoms. The highest BCUT2D eigenvalue weighted by atomic mass is 32.1. The van der Waals surface area contributed by atoms with Gasteiger partial charge in [-0.25, -0.2) is 4.79 Å². The maximum atomic E-state index is 12.5. The van der Waals surface area contributed by atoms with E-state index in [4.69, 9.17) is 0 Å². The highest BCUT2D eigenvalue weighted by Gasteiger charge is 2.27. The molecule has 1 aromatic heterocycles. The fraction of sp³-hybridized carbons (Fsp3) is 0.429. The molecule has 3 rings (SSSR count). The highest BCUT2D eigenvalue weighted by Crippen LogP contribution is 2.22. The molecular weight excluding hydrogens is 358 g/mol. The van der Waals surface area contributed by atoms with E-state index in [9.17, 15) is 9.59 Å². The highest BCUT2D eigenvalue weighted by molar-refractivity contribution is 7.14. The second-order valence-electron chi connectivity index (χ2n) is 6.96. The van der Waals surface area contributed by atoms with Crippen molar-refractivity contribution < 1.29 is 9.59 Å². The molecule has 0 aliphatic carbocycles. The van der Waals surface area contributed by atoms with E-state index in [-0.39, 0.29) is 17.9 Å². The van der Waals surface area contributed by atoms with E-state index in [1.165, 1.54) is 29.7 Å². The number of carbonyl (C=O) groups is 2. The van der Waals surface area contributed by atoms with Crippen LogP contribution in [-0.2, 0) is 11.2 Å². The third kappa shape index (κ3) is 5.57. The lowest BCUT2D eigenvalue weighted by Crippen LogP contribution is -2.43. The molecule has 2 N–H and O–H groups in total. The molecular formula is C21H27N3O2S. The summed E-state index contributed by atoms with van der Waals surface area (Å²) in [4.78, 5) is 26.6. The van der Waals surface area contributed by atoms with Crippen LogP contribution in [-0.4, -0.2) is 29.9 Å². The lowest BCUT2D eigenvalue weighted by molar-refractivity contribution is -0.121. The number of hydrogen-bond acceptors (Lipinski definition) is 3. The average molecular weight is 386 g/mol. The first kappa shape index (κ1) is 19.4. The quantitative estimate of drug-likeness (QED) is 0.737. The number of hydrogen-bond donors (Lipinski definition) is 2. The molecule has 0 atom stereocenters. The second-order valence-corrected chi connectivity index (χ2v) is 7.91. The maximum absolute atomic E-state index is 12.5. The number of thiophene rings is 1. The van der Waals surface area contributed by atoms with Crippen molar-refractivity contribution in [2.75, 3.05) is 23.7 Å². The van der Waals surface area contributed by atoms with Crippen molar-refractivity contribution in [3.8, 4) is 0 Å². The number of nitrogens with zero attached hydrogens (tertiary/aromatic N) is 1. The Labute approximate surface area is 164 Å². The Balaban J connectivity index is 1.44. The fourth-order valence-electron chi connectivity index (χ4n) is 3.26. The molecule has 1 aliphatic heterocycles. The summed E-state index contributed by atoms with van der Waals surface area (Å²) in [6, 6.07) is 11.8. The third-order valence-electron chi connectivity index (χ3n) is 4.94. The van der Waals surface area contributed by atoms with Gasteiger partial charge < -0.3 is 10.2 Å². The van der Waals surface area contributed by atoms with Crippen LogP contribution in [0.3, 0.4) is 0 Å². The smallest absolute Gasteiger partial charge is 0.322 e. The maximum Gasteiger partial charge on any atom is 0.322 e. The van der Waals surface area contributed by atoms with E-state index in [1.807, 2.05) is 29.6 Å². The molecule has 0 saturated carbocycles. The predicted molar refractivity (Wildman–Crippen MR) is 111 cm³/mol. The molecule has 2 heterocycles. The number of urea groups is 1. The largest absolute Gasteiger partial charge is 0.326 e. The Morgan fingerprint density at radius 1 is 1.11 bits per heavy atom. The number of piperidine rings is 1. The van der Waals surface area contributed by atoms with E-state index in [0.717, 1.165) is 17.1 Å². The summed E-state index contributed by atoms with van der Waals surface area (Å²) >= 11 is 1.50. The van der Waals surface area contributed by atoms with Gasteiger partial charge in [-0.3, -0.25) is 10.1 Å². The zero-order chi connectivity index (χ0) is 19.1. The van der Waals surface area contributed by atoms with E-state index < -0.39 is 0 Å². The molecule has 1 saturated heterocycles. The summed E-state index contributed by atoms with van der Waals surface area (Å²) in [6.45, 7) is 3.39. The fourth-order valence-corrected chi connectivity index (χ4v) is 3.87. The minimum Gasteiger partial charge on any atom is -0.326 e. The standard InChI is InChI=1S/C21H27N3O2S/c1-2-3-5-16-7-9-18(10-8-16)22-20(25)17-11-13-24(14-12-17)21(26)23-19-6-4-15-27-19/h4,6-10,15,17H,2-3,5,11-14H2,1H3,(H,22,25)(H,23,26). The topological polar surface area (TPSA) is 61.4 Å². The minimum atomic E-state index is -0.0843. The zero-order valence-electron chi connectivity index (χ0n) is 15.7.